The van der Waals surface area contributed by atoms with Gasteiger partial charge >= 0.3 is 6.03 Å². The number of carbonyl (C=O) groups excluding carboxylic acids is 2. The van der Waals surface area contributed by atoms with Gasteiger partial charge in [0.2, 0.25) is 5.91 Å². The third-order valence-corrected chi connectivity index (χ3v) is 2.45. The molecule has 0 aliphatic carbocycles. The van der Waals surface area contributed by atoms with E-state index in [0.717, 1.165) is 11.3 Å². The lowest BCUT2D eigenvalue weighted by atomic mass is 9.95. The molecule has 0 bridgehead atoms. The van der Waals surface area contributed by atoms with Crippen LogP contribution in [0.3, 0.4) is 0 Å². The van der Waals surface area contributed by atoms with Crippen molar-refractivity contribution in [2.24, 2.45) is 17.6 Å². The fourth-order valence-corrected chi connectivity index (χ4v) is 1.72. The molecule has 3 amide bonds. The van der Waals surface area contributed by atoms with Crippen LogP contribution in [0.5, 0.6) is 0 Å². The summed E-state index contributed by atoms with van der Waals surface area (Å²) in [6, 6.07) is -0.622. The summed E-state index contributed by atoms with van der Waals surface area (Å²) in [5.74, 6) is 0.116. The van der Waals surface area contributed by atoms with E-state index >= 15 is 0 Å². The number of primary amides is 1. The van der Waals surface area contributed by atoms with E-state index in [4.69, 9.17) is 5.73 Å². The normalized spacial score (nSPS) is 29.5. The van der Waals surface area contributed by atoms with Crippen molar-refractivity contribution in [1.29, 1.82) is 0 Å². The summed E-state index contributed by atoms with van der Waals surface area (Å²) >= 11 is 0. The minimum atomic E-state index is -0.622. The lowest BCUT2D eigenvalue weighted by Crippen LogP contribution is -2.37. The van der Waals surface area contributed by atoms with Gasteiger partial charge in [-0.05, 0) is 12.3 Å². The van der Waals surface area contributed by atoms with Crippen molar-refractivity contribution in [2.75, 3.05) is 6.54 Å². The third-order valence-electron chi connectivity index (χ3n) is 2.45. The van der Waals surface area contributed by atoms with Crippen molar-refractivity contribution in [3.05, 3.63) is 0 Å². The molecule has 0 radical (unpaired) electrons. The van der Waals surface area contributed by atoms with Crippen LogP contribution in [0.15, 0.2) is 0 Å². The summed E-state index contributed by atoms with van der Waals surface area (Å²) < 4.78 is 0. The van der Waals surface area contributed by atoms with Crippen LogP contribution in [0.4, 0.5) is 4.79 Å². The molecule has 2 atom stereocenters. The Balaban J connectivity index is 2.75. The molecule has 2 unspecified atom stereocenters. The molecule has 1 aliphatic heterocycles. The van der Waals surface area contributed by atoms with Gasteiger partial charge < -0.3 is 5.73 Å². The molecular weight excluding hydrogens is 156 g/mol. The smallest absolute Gasteiger partial charge is 0.321 e. The Bertz CT molecular complexity index is 215. The maximum Gasteiger partial charge on any atom is 0.321 e. The minimum absolute atomic E-state index is 0.0162. The molecule has 1 rings (SSSR count). The molecule has 68 valence electrons. The second-order valence-electron chi connectivity index (χ2n) is 3.28. The topological polar surface area (TPSA) is 63.4 Å². The summed E-state index contributed by atoms with van der Waals surface area (Å²) in [7, 11) is 0. The zero-order valence-corrected chi connectivity index (χ0v) is 7.41. The fraction of sp³-hybridized carbons (Fsp3) is 0.750. The number of rotatable bonds is 1. The number of urea groups is 1. The maximum absolute atomic E-state index is 11.4. The molecule has 1 fully saturated rings. The van der Waals surface area contributed by atoms with Gasteiger partial charge in [-0.3, -0.25) is 9.69 Å². The van der Waals surface area contributed by atoms with E-state index in [1.54, 1.807) is 0 Å². The number of likely N-dealkylation sites (tertiary alicyclic amines) is 1. The number of hydrogen-bond acceptors (Lipinski definition) is 2. The van der Waals surface area contributed by atoms with Crippen LogP contribution < -0.4 is 5.73 Å². The van der Waals surface area contributed by atoms with Crippen LogP contribution in [0.1, 0.15) is 20.3 Å². The number of hydrogen-bond donors (Lipinski definition) is 1. The Hall–Kier alpha value is -1.06. The van der Waals surface area contributed by atoms with Crippen molar-refractivity contribution in [1.82, 2.24) is 4.90 Å². The first-order chi connectivity index (χ1) is 5.57. The molecule has 0 aromatic carbocycles. The van der Waals surface area contributed by atoms with Crippen LogP contribution in [0, 0.1) is 11.8 Å². The molecule has 12 heavy (non-hydrogen) atoms. The monoisotopic (exact) mass is 170 g/mol. The van der Waals surface area contributed by atoms with Crippen molar-refractivity contribution in [2.45, 2.75) is 20.3 Å². The Morgan fingerprint density at radius 3 is 2.58 bits per heavy atom. The average molecular weight is 170 g/mol. The van der Waals surface area contributed by atoms with Crippen LogP contribution in [-0.4, -0.2) is 23.4 Å². The van der Waals surface area contributed by atoms with Crippen molar-refractivity contribution in [3.8, 4) is 0 Å². The van der Waals surface area contributed by atoms with Gasteiger partial charge in [-0.2, -0.15) is 0 Å². The summed E-state index contributed by atoms with van der Waals surface area (Å²) in [5.41, 5.74) is 5.03. The molecule has 1 aliphatic rings. The molecule has 1 saturated heterocycles. The van der Waals surface area contributed by atoms with Gasteiger partial charge in [0.25, 0.3) is 0 Å². The zero-order valence-electron chi connectivity index (χ0n) is 7.41. The van der Waals surface area contributed by atoms with Crippen LogP contribution in [0.25, 0.3) is 0 Å². The highest BCUT2D eigenvalue weighted by atomic mass is 16.2. The average Bonchev–Trinajstić information content (AvgIpc) is 2.27. The second-order valence-corrected chi connectivity index (χ2v) is 3.28. The summed E-state index contributed by atoms with van der Waals surface area (Å²) in [6.07, 6.45) is 0.782. The predicted molar refractivity (Wildman–Crippen MR) is 44.2 cm³/mol. The lowest BCUT2D eigenvalue weighted by Gasteiger charge is -2.09. The van der Waals surface area contributed by atoms with E-state index < -0.39 is 6.03 Å². The van der Waals surface area contributed by atoms with Gasteiger partial charge in [-0.15, -0.1) is 0 Å². The fourth-order valence-electron chi connectivity index (χ4n) is 1.72. The van der Waals surface area contributed by atoms with Gasteiger partial charge in [0.15, 0.2) is 0 Å². The van der Waals surface area contributed by atoms with E-state index in [2.05, 4.69) is 0 Å². The molecule has 0 aromatic heterocycles. The van der Waals surface area contributed by atoms with Gasteiger partial charge in [-0.1, -0.05) is 13.8 Å². The SMILES string of the molecule is CCC1C(=O)N(C(N)=O)CC1C. The largest absolute Gasteiger partial charge is 0.351 e. The van der Waals surface area contributed by atoms with E-state index in [1.807, 2.05) is 13.8 Å². The highest BCUT2D eigenvalue weighted by Gasteiger charge is 2.38. The van der Waals surface area contributed by atoms with Gasteiger partial charge in [-0.25, -0.2) is 4.79 Å². The quantitative estimate of drug-likeness (QED) is 0.625. The number of imide groups is 1. The highest BCUT2D eigenvalue weighted by molar-refractivity contribution is 5.96. The lowest BCUT2D eigenvalue weighted by molar-refractivity contribution is -0.128. The molecule has 0 saturated carbocycles. The van der Waals surface area contributed by atoms with Crippen molar-refractivity contribution >= 4 is 11.9 Å². The summed E-state index contributed by atoms with van der Waals surface area (Å²) in [5, 5.41) is 0. The Morgan fingerprint density at radius 1 is 1.75 bits per heavy atom. The number of nitrogens with two attached hydrogens (primary N) is 1. The molecule has 4 heteroatoms. The number of nitrogens with zero attached hydrogens (tertiary/aromatic N) is 1. The molecular formula is C8H14N2O2. The maximum atomic E-state index is 11.4. The van der Waals surface area contributed by atoms with E-state index in [1.165, 1.54) is 0 Å². The van der Waals surface area contributed by atoms with Gasteiger partial charge in [0.1, 0.15) is 0 Å². The number of carbonyl (C=O) groups is 2. The van der Waals surface area contributed by atoms with E-state index in [9.17, 15) is 9.59 Å². The Kier molecular flexibility index (Phi) is 2.35. The first kappa shape index (κ1) is 9.03. The number of amides is 3. The second kappa shape index (κ2) is 3.13. The zero-order chi connectivity index (χ0) is 9.30. The van der Waals surface area contributed by atoms with Gasteiger partial charge in [0.05, 0.1) is 0 Å². The third kappa shape index (κ3) is 1.29. The minimum Gasteiger partial charge on any atom is -0.351 e. The molecule has 0 aromatic rings. The molecule has 0 spiro atoms. The first-order valence-corrected chi connectivity index (χ1v) is 4.18. The molecule has 4 nitrogen and oxygen atoms in total. The van der Waals surface area contributed by atoms with Gasteiger partial charge in [0, 0.05) is 12.5 Å². The van der Waals surface area contributed by atoms with Crippen molar-refractivity contribution in [3.63, 3.8) is 0 Å². The van der Waals surface area contributed by atoms with Crippen molar-refractivity contribution < 1.29 is 9.59 Å². The standard InChI is InChI=1S/C8H14N2O2/c1-3-6-5(2)4-10(7(6)11)8(9)12/h5-6H,3-4H2,1-2H3,(H2,9,12). The van der Waals surface area contributed by atoms with E-state index in [0.29, 0.717) is 6.54 Å². The molecule has 1 heterocycles. The van der Waals surface area contributed by atoms with Crippen LogP contribution in [-0.2, 0) is 4.79 Å². The highest BCUT2D eigenvalue weighted by Crippen LogP contribution is 2.26. The summed E-state index contributed by atoms with van der Waals surface area (Å²) in [6.45, 7) is 4.39. The Morgan fingerprint density at radius 2 is 2.33 bits per heavy atom. The van der Waals surface area contributed by atoms with Crippen LogP contribution in [0.2, 0.25) is 0 Å². The Labute approximate surface area is 71.7 Å². The molecule has 2 N–H and O–H groups in total. The van der Waals surface area contributed by atoms with E-state index in [-0.39, 0.29) is 17.7 Å². The first-order valence-electron chi connectivity index (χ1n) is 4.18. The predicted octanol–water partition coefficient (Wildman–Crippen LogP) is 0.570. The summed E-state index contributed by atoms with van der Waals surface area (Å²) in [4.78, 5) is 23.3. The van der Waals surface area contributed by atoms with Crippen LogP contribution >= 0.6 is 0 Å².